The van der Waals surface area contributed by atoms with Crippen LogP contribution in [0.5, 0.6) is 0 Å². The van der Waals surface area contributed by atoms with Gasteiger partial charge in [-0.1, -0.05) is 102 Å². The first-order chi connectivity index (χ1) is 68.8. The molecule has 790 valence electrons. The highest BCUT2D eigenvalue weighted by Crippen LogP contribution is 2.54. The molecule has 25 aliphatic rings. The number of nitrogens with one attached hydrogen (secondary N) is 10. The van der Waals surface area contributed by atoms with E-state index < -0.39 is 93.3 Å². The summed E-state index contributed by atoms with van der Waals surface area (Å²) in [6.45, 7) is 23.6. The third-order valence-electron chi connectivity index (χ3n) is 38.2. The van der Waals surface area contributed by atoms with Crippen molar-refractivity contribution in [3.8, 4) is 0 Å². The number of allylic oxidation sites excluding steroid dienone is 5. The summed E-state index contributed by atoms with van der Waals surface area (Å²) in [6, 6.07) is 1.88. The van der Waals surface area contributed by atoms with Crippen molar-refractivity contribution in [3.05, 3.63) is 60.8 Å². The third kappa shape index (κ3) is 18.9. The van der Waals surface area contributed by atoms with Crippen molar-refractivity contribution >= 4 is 53.7 Å². The number of carbonyl (C=O) groups is 4. The van der Waals surface area contributed by atoms with Crippen LogP contribution in [0, 0.1) is 29.6 Å². The summed E-state index contributed by atoms with van der Waals surface area (Å²) in [5.74, 6) is -1.43. The van der Waals surface area contributed by atoms with Crippen molar-refractivity contribution in [1.82, 2.24) is 53.2 Å². The van der Waals surface area contributed by atoms with E-state index in [1.807, 2.05) is 27.7 Å². The second-order valence-electron chi connectivity index (χ2n) is 47.7. The van der Waals surface area contributed by atoms with E-state index in [-0.39, 0.29) is 115 Å². The van der Waals surface area contributed by atoms with Crippen molar-refractivity contribution in [1.29, 1.82) is 0 Å². The van der Waals surface area contributed by atoms with Crippen LogP contribution < -0.4 is 73.6 Å². The molecule has 33 nitrogen and oxygen atoms in total. The zero-order valence-electron chi connectivity index (χ0n) is 87.1. The third-order valence-corrected chi connectivity index (χ3v) is 38.2. The van der Waals surface area contributed by atoms with Crippen molar-refractivity contribution in [2.24, 2.45) is 29.6 Å². The highest BCUT2D eigenvalue weighted by Gasteiger charge is 2.70. The summed E-state index contributed by atoms with van der Waals surface area (Å²) in [6.07, 6.45) is 66.1. The van der Waals surface area contributed by atoms with Crippen LogP contribution in [0.1, 0.15) is 365 Å². The van der Waals surface area contributed by atoms with E-state index in [1.165, 1.54) is 31.6 Å². The molecule has 25 rings (SSSR count). The fourth-order valence-corrected chi connectivity index (χ4v) is 31.9. The van der Waals surface area contributed by atoms with E-state index in [2.05, 4.69) is 185 Å². The molecule has 33 heteroatoms. The molecule has 0 unspecified atom stereocenters. The van der Waals surface area contributed by atoms with Crippen LogP contribution in [0.2, 0.25) is 0 Å². The first kappa shape index (κ1) is 101. The normalized spacial score (nSPS) is 46.7. The van der Waals surface area contributed by atoms with Crippen molar-refractivity contribution in [2.45, 2.75) is 544 Å². The van der Waals surface area contributed by atoms with Gasteiger partial charge >= 0.3 is 29.8 Å². The Morgan fingerprint density at radius 2 is 0.462 bits per heavy atom. The molecule has 0 saturated carbocycles. The molecule has 0 aromatic carbocycles. The number of ether oxygens (including phenoxy) is 10. The van der Waals surface area contributed by atoms with Crippen LogP contribution in [-0.4, -0.2) is 255 Å². The lowest BCUT2D eigenvalue weighted by atomic mass is 9.80. The number of guanidine groups is 5. The van der Waals surface area contributed by atoms with Gasteiger partial charge in [-0.15, -0.1) is 0 Å². The number of rotatable bonds is 9. The molecule has 0 aromatic heterocycles. The lowest BCUT2D eigenvalue weighted by molar-refractivity contribution is -0.611. The summed E-state index contributed by atoms with van der Waals surface area (Å²) in [5.41, 5.74) is -5.75. The molecule has 35 atom stereocenters. The Labute approximate surface area is 846 Å². The van der Waals surface area contributed by atoms with Crippen molar-refractivity contribution < 1.29 is 110 Å². The lowest BCUT2D eigenvalue weighted by Gasteiger charge is -2.51. The van der Waals surface area contributed by atoms with Gasteiger partial charge in [0.05, 0.1) is 175 Å². The molecule has 0 aliphatic carbocycles. The second-order valence-corrected chi connectivity index (χ2v) is 47.7. The van der Waals surface area contributed by atoms with Gasteiger partial charge < -0.3 is 87.0 Å². The molecule has 10 spiro atoms. The second kappa shape index (κ2) is 40.1. The monoisotopic (exact) mass is 1990 g/mol. The van der Waals surface area contributed by atoms with Crippen molar-refractivity contribution in [3.63, 3.8) is 0 Å². The number of aliphatic carboxylic acids is 4. The number of carboxylic acid groups (broad SMARTS) is 4. The molecular weight excluding hydrogens is 1820 g/mol. The van der Waals surface area contributed by atoms with Gasteiger partial charge in [0.15, 0.2) is 57.2 Å². The van der Waals surface area contributed by atoms with Crippen LogP contribution in [-0.2, 0) is 66.5 Å². The lowest BCUT2D eigenvalue weighted by Crippen LogP contribution is -2.77. The molecule has 0 bridgehead atoms. The van der Waals surface area contributed by atoms with Gasteiger partial charge in [-0.2, -0.15) is 0 Å². The molecule has 10 fully saturated rings. The van der Waals surface area contributed by atoms with Crippen LogP contribution in [0.3, 0.4) is 0 Å². The molecule has 143 heavy (non-hydrogen) atoms. The smallest absolute Gasteiger partial charge is 0.350 e. The van der Waals surface area contributed by atoms with Crippen molar-refractivity contribution in [2.75, 3.05) is 0 Å². The van der Waals surface area contributed by atoms with Crippen LogP contribution in [0.4, 0.5) is 0 Å². The number of hydrogen-bond acceptors (Lipinski definition) is 28. The Kier molecular flexibility index (Phi) is 28.4. The number of nitrogens with zero attached hydrogens (tertiary/aromatic N) is 5. The van der Waals surface area contributed by atoms with Crippen LogP contribution in [0.25, 0.3) is 0 Å². The molecular formula is C110H168N15O18+. The maximum atomic E-state index is 12.3. The maximum absolute atomic E-state index is 12.3. The summed E-state index contributed by atoms with van der Waals surface area (Å²) < 4.78 is 76.9. The molecule has 25 heterocycles. The van der Waals surface area contributed by atoms with Crippen LogP contribution >= 0.6 is 0 Å². The highest BCUT2D eigenvalue weighted by molar-refractivity contribution is 5.84. The first-order valence-corrected chi connectivity index (χ1v) is 56.9. The molecule has 0 aromatic rings. The minimum absolute atomic E-state index is 0.0304. The predicted octanol–water partition coefficient (Wildman–Crippen LogP) is 7.15. The van der Waals surface area contributed by atoms with Gasteiger partial charge in [0.2, 0.25) is 0 Å². The summed E-state index contributed by atoms with van der Waals surface area (Å²) in [4.78, 5) is 49.2. The molecule has 0 radical (unpaired) electrons. The fourth-order valence-electron chi connectivity index (χ4n) is 31.9. The molecule has 10 N–H and O–H groups in total. The van der Waals surface area contributed by atoms with Gasteiger partial charge in [-0.05, 0) is 227 Å². The zero-order valence-corrected chi connectivity index (χ0v) is 87.1. The Morgan fingerprint density at radius 1 is 0.266 bits per heavy atom. The minimum atomic E-state index is -1.00. The number of carbonyl (C=O) groups excluding carboxylic acids is 4. The van der Waals surface area contributed by atoms with E-state index in [0.29, 0.717) is 49.8 Å². The average Bonchev–Trinajstić information content (AvgIpc) is 1.66. The Bertz CT molecular complexity index is 4590. The van der Waals surface area contributed by atoms with E-state index in [9.17, 15) is 39.6 Å². The molecule has 0 amide bonds. The zero-order chi connectivity index (χ0) is 99.5. The maximum Gasteiger partial charge on any atom is 0.350 e. The largest absolute Gasteiger partial charge is 0.549 e. The van der Waals surface area contributed by atoms with Gasteiger partial charge in [0.25, 0.3) is 0 Å². The van der Waals surface area contributed by atoms with Gasteiger partial charge in [0, 0.05) is 96.3 Å². The summed E-state index contributed by atoms with van der Waals surface area (Å²) in [7, 11) is 0. The van der Waals surface area contributed by atoms with E-state index in [4.69, 9.17) is 47.4 Å². The van der Waals surface area contributed by atoms with Gasteiger partial charge in [-0.25, -0.2) is 53.2 Å². The van der Waals surface area contributed by atoms with E-state index in [0.717, 1.165) is 261 Å². The van der Waals surface area contributed by atoms with Gasteiger partial charge in [0.1, 0.15) is 0 Å². The topological polar surface area (TPSA) is 388 Å². The van der Waals surface area contributed by atoms with E-state index in [1.54, 1.807) is 0 Å². The Balaban J connectivity index is 0.000000106. The fraction of sp³-hybridized carbons (Fsp3) is 0.827. The van der Waals surface area contributed by atoms with Gasteiger partial charge in [-0.3, -0.25) is 22.9 Å². The van der Waals surface area contributed by atoms with Crippen LogP contribution in [0.15, 0.2) is 60.8 Å². The standard InChI is InChI=1S/4C22H33N3O4.C22H35N3O2/c4*1-3-16-8-4-5-11-21(29-16)13-15-9-10-17-18(19(26)27)22(12-6-7-14(2)28-22)24-20(23-21)25(15)17;1-4-18-9-5-6-12-21(27-18)14-17-10-11-19-16(3)22(13-7-8-15(2)26-22)24-20(23-21)25(17)19/h4*4,8,14-18H,3,5-7,9-13H2,1-2H3,(H2,23,24,26,27);5,9,15-19H,4,6-8,10-14H2,1-3H3,(H,23,24)/p+1/t14-,15+,16+,17+,18-,21+,22+;14-,15+,16+,17+,18-,21+,22-;14-,15+,16+,17-,18+,21+,22-;14-,15+,16+,17-,18-,21+,22-;15-,16-,17+,18+,19+,21+,22+/m11111/s1. The number of carboxylic acids is 4. The SMILES string of the molecule is CC[C@H]1C=CCC[C@@]2(C[C@@H]3CC[C@@H]4[C@@H](C(=O)[O-])[C@]5(CCC[C@@H](C)O5)NC(=[N+]34)N2)O1.CC[C@H]1C=CCC[C@@]2(C[C@@H]3CC[C@@H]4[C@H](C(=O)[O-])[C@]5(CCC[C@@H](C)O5)NC(=[N+]34)N2)O1.CC[C@H]1C=CCC[C@@]2(C[C@@H]3CC[C@H]4[C@@H](C)[C@@]5(CCC[C@@H](C)O5)NC(=[N+]34)N2)O1.CC[C@H]1C=CCC[C@@]2(C[C@@H]3CC[C@H]4[C@H](C(=O)[O-])[C@@]5(CCC[C@@H](C)O5)NC(=[N+]34)N2)O1.CC[C@H]1C=CCC[C@@]2(C[C@@H]3CC[C@H]4[C@H](C(=O)[O-])[C@]5(CCC[C@@H](C)O5)NC(=[N+]34)N2)O1. The average molecular weight is 1990 g/mol. The first-order valence-electron chi connectivity index (χ1n) is 56.9. The predicted molar refractivity (Wildman–Crippen MR) is 525 cm³/mol. The molecule has 25 aliphatic heterocycles. The highest BCUT2D eigenvalue weighted by atomic mass is 16.6. The minimum Gasteiger partial charge on any atom is -0.549 e. The molecule has 10 saturated heterocycles. The number of hydrogen-bond donors (Lipinski definition) is 10. The Hall–Kier alpha value is -7.47. The Morgan fingerprint density at radius 3 is 0.671 bits per heavy atom. The summed E-state index contributed by atoms with van der Waals surface area (Å²) in [5, 5.41) is 85.9. The quantitative estimate of drug-likeness (QED) is 0.0809. The van der Waals surface area contributed by atoms with E-state index >= 15 is 0 Å². The summed E-state index contributed by atoms with van der Waals surface area (Å²) >= 11 is 0.